The maximum absolute atomic E-state index is 5.98. The first-order valence-electron chi connectivity index (χ1n) is 7.37. The Kier molecular flexibility index (Phi) is 3.20. The molecule has 4 rings (SSSR count). The highest BCUT2D eigenvalue weighted by molar-refractivity contribution is 5.89. The molecule has 0 saturated carbocycles. The van der Waals surface area contributed by atoms with Crippen LogP contribution in [-0.2, 0) is 6.54 Å². The molecule has 0 amide bonds. The molecule has 3 aromatic carbocycles. The molecule has 0 N–H and O–H groups in total. The second-order valence-electron chi connectivity index (χ2n) is 5.24. The molecule has 1 aromatic heterocycles. The van der Waals surface area contributed by atoms with E-state index in [9.17, 15) is 0 Å². The fourth-order valence-electron chi connectivity index (χ4n) is 2.69. The highest BCUT2D eigenvalue weighted by atomic mass is 16.3. The number of hydrogen-bond donors (Lipinski definition) is 0. The van der Waals surface area contributed by atoms with Gasteiger partial charge in [0.25, 0.3) is 0 Å². The molecule has 0 saturated heterocycles. The van der Waals surface area contributed by atoms with Crippen molar-refractivity contribution >= 4 is 21.9 Å². The molecule has 2 heteroatoms. The summed E-state index contributed by atoms with van der Waals surface area (Å²) < 4.78 is 5.98. The van der Waals surface area contributed by atoms with Gasteiger partial charge in [-0.05, 0) is 29.8 Å². The second-order valence-corrected chi connectivity index (χ2v) is 5.24. The van der Waals surface area contributed by atoms with Gasteiger partial charge in [-0.1, -0.05) is 54.6 Å². The van der Waals surface area contributed by atoms with Gasteiger partial charge in [-0.25, -0.2) is 0 Å². The lowest BCUT2D eigenvalue weighted by Crippen LogP contribution is -2.05. The summed E-state index contributed by atoms with van der Waals surface area (Å²) in [5.41, 5.74) is 2.94. The fraction of sp³-hybridized carbons (Fsp3) is 0.0500. The molecule has 0 bridgehead atoms. The van der Waals surface area contributed by atoms with Crippen molar-refractivity contribution in [3.63, 3.8) is 0 Å². The maximum atomic E-state index is 5.98. The number of rotatable bonds is 2. The van der Waals surface area contributed by atoms with E-state index in [4.69, 9.17) is 9.41 Å². The summed E-state index contributed by atoms with van der Waals surface area (Å²) in [6.07, 6.45) is 0. The Morgan fingerprint density at radius 2 is 1.18 bits per heavy atom. The van der Waals surface area contributed by atoms with Crippen molar-refractivity contribution in [2.24, 2.45) is 4.99 Å². The molecule has 0 atom stereocenters. The number of nitrogens with zero attached hydrogens (tertiary/aromatic N) is 1. The van der Waals surface area contributed by atoms with Crippen LogP contribution in [0, 0.1) is 0 Å². The minimum absolute atomic E-state index is 0.666. The first kappa shape index (κ1) is 12.8. The Morgan fingerprint density at radius 3 is 1.82 bits per heavy atom. The lowest BCUT2D eigenvalue weighted by atomic mass is 10.1. The molecule has 0 aliphatic carbocycles. The van der Waals surface area contributed by atoms with Crippen LogP contribution in [0.1, 0.15) is 5.56 Å². The van der Waals surface area contributed by atoms with Gasteiger partial charge in [0, 0.05) is 10.8 Å². The molecule has 0 spiro atoms. The van der Waals surface area contributed by atoms with Gasteiger partial charge in [0.1, 0.15) is 11.2 Å². The first-order chi connectivity index (χ1) is 10.9. The lowest BCUT2D eigenvalue weighted by Gasteiger charge is -2.04. The van der Waals surface area contributed by atoms with E-state index in [0.29, 0.717) is 6.54 Å². The summed E-state index contributed by atoms with van der Waals surface area (Å²) in [5.74, 6) is 0. The van der Waals surface area contributed by atoms with E-state index < -0.39 is 0 Å². The van der Waals surface area contributed by atoms with Crippen LogP contribution >= 0.6 is 0 Å². The van der Waals surface area contributed by atoms with Crippen molar-refractivity contribution in [1.29, 1.82) is 0 Å². The van der Waals surface area contributed by atoms with Crippen molar-refractivity contribution < 1.29 is 4.42 Å². The molecule has 4 aromatic rings. The molecule has 1 heterocycles. The highest BCUT2D eigenvalue weighted by Gasteiger charge is 2.04. The van der Waals surface area contributed by atoms with Gasteiger partial charge < -0.3 is 4.42 Å². The van der Waals surface area contributed by atoms with Crippen molar-refractivity contribution in [3.8, 4) is 0 Å². The van der Waals surface area contributed by atoms with Gasteiger partial charge in [0.2, 0.25) is 0 Å². The third-order valence-corrected chi connectivity index (χ3v) is 3.77. The van der Waals surface area contributed by atoms with E-state index in [0.717, 1.165) is 27.3 Å². The van der Waals surface area contributed by atoms with Gasteiger partial charge in [-0.3, -0.25) is 4.99 Å². The summed E-state index contributed by atoms with van der Waals surface area (Å²) in [5, 5.41) is 3.11. The molecule has 0 fully saturated rings. The normalized spacial score (nSPS) is 10.9. The Morgan fingerprint density at radius 1 is 0.636 bits per heavy atom. The minimum Gasteiger partial charge on any atom is -0.456 e. The standard InChI is InChI=1S/C20H15NO/c1-2-8-15(9-3-1)14-21-20-16-10-4-6-12-18(16)22-19-13-7-5-11-17(19)20/h1-13H,14H2. The Labute approximate surface area is 128 Å². The van der Waals surface area contributed by atoms with E-state index in [1.54, 1.807) is 0 Å². The quantitative estimate of drug-likeness (QED) is 0.491. The van der Waals surface area contributed by atoms with Crippen molar-refractivity contribution in [2.45, 2.75) is 6.54 Å². The summed E-state index contributed by atoms with van der Waals surface area (Å²) in [7, 11) is 0. The molecular formula is C20H15NO. The summed E-state index contributed by atoms with van der Waals surface area (Å²) >= 11 is 0. The number of benzene rings is 3. The van der Waals surface area contributed by atoms with E-state index in [1.165, 1.54) is 5.56 Å². The average Bonchev–Trinajstić information content (AvgIpc) is 2.59. The number of hydrogen-bond acceptors (Lipinski definition) is 2. The molecule has 0 unspecified atom stereocenters. The van der Waals surface area contributed by atoms with Gasteiger partial charge in [0.05, 0.1) is 11.9 Å². The molecule has 0 radical (unpaired) electrons. The van der Waals surface area contributed by atoms with Gasteiger partial charge in [0.15, 0.2) is 0 Å². The van der Waals surface area contributed by atoms with Crippen LogP contribution in [0.4, 0.5) is 0 Å². The van der Waals surface area contributed by atoms with Crippen LogP contribution in [0.15, 0.2) is 88.3 Å². The molecule has 0 aliphatic heterocycles. The average molecular weight is 285 g/mol. The van der Waals surface area contributed by atoms with Gasteiger partial charge >= 0.3 is 0 Å². The zero-order chi connectivity index (χ0) is 14.8. The van der Waals surface area contributed by atoms with Crippen LogP contribution < -0.4 is 5.36 Å². The molecule has 106 valence electrons. The third kappa shape index (κ3) is 2.29. The smallest absolute Gasteiger partial charge is 0.136 e. The van der Waals surface area contributed by atoms with Crippen LogP contribution in [0.2, 0.25) is 0 Å². The largest absolute Gasteiger partial charge is 0.456 e. The lowest BCUT2D eigenvalue weighted by molar-refractivity contribution is 0.659. The zero-order valence-corrected chi connectivity index (χ0v) is 12.1. The molecule has 0 aliphatic rings. The van der Waals surface area contributed by atoms with Crippen LogP contribution in [0.5, 0.6) is 0 Å². The Bertz CT molecular complexity index is 943. The molecule has 2 nitrogen and oxygen atoms in total. The monoisotopic (exact) mass is 285 g/mol. The Balaban J connectivity index is 2.00. The van der Waals surface area contributed by atoms with E-state index >= 15 is 0 Å². The van der Waals surface area contributed by atoms with Crippen LogP contribution in [0.25, 0.3) is 21.9 Å². The predicted molar refractivity (Wildman–Crippen MR) is 89.4 cm³/mol. The molecule has 22 heavy (non-hydrogen) atoms. The minimum atomic E-state index is 0.666. The molecular weight excluding hydrogens is 270 g/mol. The van der Waals surface area contributed by atoms with Crippen LogP contribution in [0.3, 0.4) is 0 Å². The topological polar surface area (TPSA) is 25.5 Å². The second kappa shape index (κ2) is 5.49. The number of para-hydroxylation sites is 2. The maximum Gasteiger partial charge on any atom is 0.136 e. The van der Waals surface area contributed by atoms with E-state index in [1.807, 2.05) is 54.6 Å². The zero-order valence-electron chi connectivity index (χ0n) is 12.1. The SMILES string of the molecule is c1ccc(CN=c2c3ccccc3oc3ccccc23)cc1. The van der Waals surface area contributed by atoms with Gasteiger partial charge in [-0.2, -0.15) is 0 Å². The summed E-state index contributed by atoms with van der Waals surface area (Å²) in [6, 6.07) is 26.4. The van der Waals surface area contributed by atoms with E-state index in [-0.39, 0.29) is 0 Å². The van der Waals surface area contributed by atoms with Crippen molar-refractivity contribution in [1.82, 2.24) is 0 Å². The van der Waals surface area contributed by atoms with Crippen molar-refractivity contribution in [2.75, 3.05) is 0 Å². The first-order valence-corrected chi connectivity index (χ1v) is 7.37. The summed E-state index contributed by atoms with van der Waals surface area (Å²) in [6.45, 7) is 0.666. The number of fused-ring (bicyclic) bond motifs is 2. The van der Waals surface area contributed by atoms with Gasteiger partial charge in [-0.15, -0.1) is 0 Å². The van der Waals surface area contributed by atoms with Crippen molar-refractivity contribution in [3.05, 3.63) is 89.8 Å². The highest BCUT2D eigenvalue weighted by Crippen LogP contribution is 2.18. The summed E-state index contributed by atoms with van der Waals surface area (Å²) in [4.78, 5) is 4.87. The third-order valence-electron chi connectivity index (χ3n) is 3.77. The van der Waals surface area contributed by atoms with E-state index in [2.05, 4.69) is 24.3 Å². The van der Waals surface area contributed by atoms with Crippen LogP contribution in [-0.4, -0.2) is 0 Å². The Hall–Kier alpha value is -2.87. The predicted octanol–water partition coefficient (Wildman–Crippen LogP) is 4.69. The fourth-order valence-corrected chi connectivity index (χ4v) is 2.69.